The number of hydrogen-bond acceptors (Lipinski definition) is 3. The number of anilines is 1. The largest absolute Gasteiger partial charge is 0.369 e. The van der Waals surface area contributed by atoms with Gasteiger partial charge >= 0.3 is 0 Å². The molecule has 1 aliphatic rings. The van der Waals surface area contributed by atoms with Gasteiger partial charge in [0.25, 0.3) is 0 Å². The SMILES string of the molecule is CNCC1CN(c2cc(C)cc(C)c2)CCN1. The molecular formula is C14H23N3. The van der Waals surface area contributed by atoms with Crippen molar-refractivity contribution in [3.05, 3.63) is 29.3 Å². The molecule has 0 saturated carbocycles. The molecule has 1 aromatic rings. The molecule has 1 saturated heterocycles. The summed E-state index contributed by atoms with van der Waals surface area (Å²) in [6.07, 6.45) is 0. The maximum Gasteiger partial charge on any atom is 0.0372 e. The number of rotatable bonds is 3. The zero-order chi connectivity index (χ0) is 12.3. The van der Waals surface area contributed by atoms with Crippen LogP contribution in [0.25, 0.3) is 0 Å². The monoisotopic (exact) mass is 233 g/mol. The van der Waals surface area contributed by atoms with Crippen LogP contribution in [0.3, 0.4) is 0 Å². The lowest BCUT2D eigenvalue weighted by atomic mass is 10.1. The molecule has 0 amide bonds. The first kappa shape index (κ1) is 12.4. The first-order valence-electron chi connectivity index (χ1n) is 6.40. The van der Waals surface area contributed by atoms with Crippen LogP contribution in [0.15, 0.2) is 18.2 Å². The van der Waals surface area contributed by atoms with E-state index in [2.05, 4.69) is 47.6 Å². The third-order valence-electron chi connectivity index (χ3n) is 3.28. The van der Waals surface area contributed by atoms with Gasteiger partial charge in [0.05, 0.1) is 0 Å². The van der Waals surface area contributed by atoms with Gasteiger partial charge in [-0.05, 0) is 44.2 Å². The molecule has 0 spiro atoms. The summed E-state index contributed by atoms with van der Waals surface area (Å²) in [5, 5.41) is 6.79. The number of aryl methyl sites for hydroxylation is 2. The Bertz CT molecular complexity index is 353. The van der Waals surface area contributed by atoms with E-state index in [4.69, 9.17) is 0 Å². The van der Waals surface area contributed by atoms with E-state index in [1.54, 1.807) is 0 Å². The molecular weight excluding hydrogens is 210 g/mol. The van der Waals surface area contributed by atoms with Crippen molar-refractivity contribution in [3.8, 4) is 0 Å². The fraction of sp³-hybridized carbons (Fsp3) is 0.571. The van der Waals surface area contributed by atoms with Crippen molar-refractivity contribution in [3.63, 3.8) is 0 Å². The molecule has 0 radical (unpaired) electrons. The summed E-state index contributed by atoms with van der Waals surface area (Å²) in [7, 11) is 2.01. The lowest BCUT2D eigenvalue weighted by Crippen LogP contribution is -2.54. The topological polar surface area (TPSA) is 27.3 Å². The summed E-state index contributed by atoms with van der Waals surface area (Å²) >= 11 is 0. The van der Waals surface area contributed by atoms with Crippen LogP contribution in [0.2, 0.25) is 0 Å². The molecule has 3 nitrogen and oxygen atoms in total. The van der Waals surface area contributed by atoms with Crippen molar-refractivity contribution < 1.29 is 0 Å². The Labute approximate surface area is 104 Å². The lowest BCUT2D eigenvalue weighted by Gasteiger charge is -2.35. The fourth-order valence-corrected chi connectivity index (χ4v) is 2.58. The van der Waals surface area contributed by atoms with Gasteiger partial charge < -0.3 is 15.5 Å². The van der Waals surface area contributed by atoms with Crippen molar-refractivity contribution in [2.75, 3.05) is 38.1 Å². The van der Waals surface area contributed by atoms with Gasteiger partial charge in [0.1, 0.15) is 0 Å². The minimum Gasteiger partial charge on any atom is -0.369 e. The van der Waals surface area contributed by atoms with Crippen molar-refractivity contribution in [1.29, 1.82) is 0 Å². The Hall–Kier alpha value is -1.06. The highest BCUT2D eigenvalue weighted by atomic mass is 15.2. The van der Waals surface area contributed by atoms with E-state index in [9.17, 15) is 0 Å². The van der Waals surface area contributed by atoms with E-state index in [0.717, 1.165) is 26.2 Å². The maximum absolute atomic E-state index is 3.54. The van der Waals surface area contributed by atoms with Crippen LogP contribution in [0, 0.1) is 13.8 Å². The average Bonchev–Trinajstić information content (AvgIpc) is 2.28. The second-order valence-electron chi connectivity index (χ2n) is 5.00. The minimum atomic E-state index is 0.551. The van der Waals surface area contributed by atoms with Crippen molar-refractivity contribution >= 4 is 5.69 Å². The third-order valence-corrected chi connectivity index (χ3v) is 3.28. The van der Waals surface area contributed by atoms with Crippen LogP contribution in [0.5, 0.6) is 0 Å². The van der Waals surface area contributed by atoms with Gasteiger partial charge in [-0.1, -0.05) is 6.07 Å². The standard InChI is InChI=1S/C14H23N3/c1-11-6-12(2)8-14(7-11)17-5-4-16-13(10-17)9-15-3/h6-8,13,15-16H,4-5,9-10H2,1-3H3. The molecule has 1 fully saturated rings. The summed E-state index contributed by atoms with van der Waals surface area (Å²) in [4.78, 5) is 2.48. The molecule has 2 N–H and O–H groups in total. The number of likely N-dealkylation sites (N-methyl/N-ethyl adjacent to an activating group) is 1. The lowest BCUT2D eigenvalue weighted by molar-refractivity contribution is 0.443. The molecule has 1 aliphatic heterocycles. The van der Waals surface area contributed by atoms with Crippen LogP contribution in [-0.2, 0) is 0 Å². The summed E-state index contributed by atoms with van der Waals surface area (Å²) in [5.74, 6) is 0. The number of nitrogens with one attached hydrogen (secondary N) is 2. The van der Waals surface area contributed by atoms with Crippen molar-refractivity contribution in [1.82, 2.24) is 10.6 Å². The normalized spacial score (nSPS) is 20.6. The molecule has 17 heavy (non-hydrogen) atoms. The van der Waals surface area contributed by atoms with Crippen LogP contribution in [-0.4, -0.2) is 39.3 Å². The van der Waals surface area contributed by atoms with Crippen molar-refractivity contribution in [2.45, 2.75) is 19.9 Å². The van der Waals surface area contributed by atoms with Gasteiger partial charge in [-0.2, -0.15) is 0 Å². The van der Waals surface area contributed by atoms with Crippen LogP contribution in [0.1, 0.15) is 11.1 Å². The predicted octanol–water partition coefficient (Wildman–Crippen LogP) is 1.30. The summed E-state index contributed by atoms with van der Waals surface area (Å²) in [6, 6.07) is 7.36. The van der Waals surface area contributed by atoms with E-state index in [0.29, 0.717) is 6.04 Å². The number of nitrogens with zero attached hydrogens (tertiary/aromatic N) is 1. The molecule has 0 aromatic heterocycles. The molecule has 0 aliphatic carbocycles. The van der Waals surface area contributed by atoms with E-state index < -0.39 is 0 Å². The first-order valence-corrected chi connectivity index (χ1v) is 6.40. The Morgan fingerprint density at radius 1 is 1.29 bits per heavy atom. The van der Waals surface area contributed by atoms with E-state index >= 15 is 0 Å². The van der Waals surface area contributed by atoms with Crippen LogP contribution in [0.4, 0.5) is 5.69 Å². The molecule has 1 unspecified atom stereocenters. The molecule has 1 atom stereocenters. The summed E-state index contributed by atoms with van der Waals surface area (Å²) < 4.78 is 0. The Kier molecular flexibility index (Phi) is 4.02. The second kappa shape index (κ2) is 5.52. The average molecular weight is 233 g/mol. The predicted molar refractivity (Wildman–Crippen MR) is 73.8 cm³/mol. The second-order valence-corrected chi connectivity index (χ2v) is 5.00. The molecule has 3 heteroatoms. The van der Waals surface area contributed by atoms with Crippen LogP contribution < -0.4 is 15.5 Å². The number of benzene rings is 1. The molecule has 1 heterocycles. The van der Waals surface area contributed by atoms with Gasteiger partial charge in [0, 0.05) is 37.9 Å². The highest BCUT2D eigenvalue weighted by Gasteiger charge is 2.18. The maximum atomic E-state index is 3.54. The Balaban J connectivity index is 2.10. The van der Waals surface area contributed by atoms with Gasteiger partial charge in [-0.25, -0.2) is 0 Å². The number of piperazine rings is 1. The molecule has 94 valence electrons. The minimum absolute atomic E-state index is 0.551. The summed E-state index contributed by atoms with van der Waals surface area (Å²) in [6.45, 7) is 8.63. The third kappa shape index (κ3) is 3.20. The van der Waals surface area contributed by atoms with E-state index in [-0.39, 0.29) is 0 Å². The highest BCUT2D eigenvalue weighted by Crippen LogP contribution is 2.19. The molecule has 2 rings (SSSR count). The molecule has 0 bridgehead atoms. The van der Waals surface area contributed by atoms with Crippen LogP contribution >= 0.6 is 0 Å². The quantitative estimate of drug-likeness (QED) is 0.824. The number of hydrogen-bond donors (Lipinski definition) is 2. The van der Waals surface area contributed by atoms with Crippen molar-refractivity contribution in [2.24, 2.45) is 0 Å². The van der Waals surface area contributed by atoms with Gasteiger partial charge in [-0.15, -0.1) is 0 Å². The van der Waals surface area contributed by atoms with Gasteiger partial charge in [0.15, 0.2) is 0 Å². The fourth-order valence-electron chi connectivity index (χ4n) is 2.58. The van der Waals surface area contributed by atoms with E-state index in [1.807, 2.05) is 7.05 Å². The summed E-state index contributed by atoms with van der Waals surface area (Å²) in [5.41, 5.74) is 4.07. The Morgan fingerprint density at radius 3 is 2.65 bits per heavy atom. The zero-order valence-electron chi connectivity index (χ0n) is 11.1. The Morgan fingerprint density at radius 2 is 2.00 bits per heavy atom. The smallest absolute Gasteiger partial charge is 0.0372 e. The zero-order valence-corrected chi connectivity index (χ0v) is 11.1. The highest BCUT2D eigenvalue weighted by molar-refractivity contribution is 5.51. The van der Waals surface area contributed by atoms with Gasteiger partial charge in [0.2, 0.25) is 0 Å². The first-order chi connectivity index (χ1) is 8.19. The van der Waals surface area contributed by atoms with Gasteiger partial charge in [-0.3, -0.25) is 0 Å². The van der Waals surface area contributed by atoms with E-state index in [1.165, 1.54) is 16.8 Å². The molecule has 1 aromatic carbocycles.